The number of carbonyl (C=O) groups excluding carboxylic acids is 1. The largest absolute Gasteiger partial charge is 0.469 e. The fraction of sp³-hybridized carbons (Fsp3) is 0.606. The van der Waals surface area contributed by atoms with Crippen molar-refractivity contribution in [3.63, 3.8) is 0 Å². The molecule has 2 aromatic carbocycles. The van der Waals surface area contributed by atoms with Gasteiger partial charge in [-0.15, -0.1) is 0 Å². The van der Waals surface area contributed by atoms with E-state index in [-0.39, 0.29) is 41.6 Å². The van der Waals surface area contributed by atoms with E-state index in [0.29, 0.717) is 24.0 Å². The Bertz CT molecular complexity index is 702. The van der Waals surface area contributed by atoms with Gasteiger partial charge in [0.1, 0.15) is 0 Å². The summed E-state index contributed by atoms with van der Waals surface area (Å²) in [4.78, 5) is 11.1. The molecule has 0 aromatic heterocycles. The molecule has 4 nitrogen and oxygen atoms in total. The number of fused-ring (bicyclic) bond motifs is 1. The standard InChI is InChI=1S/2C10H14.C8H12O3.CH4O.4CH4/c2*1-3-9(2)10-7-5-4-6-8-10;1-10-8(9)5-2-3-6-7(4-5)11-6;1-2;;;;/h2*4-9H,3H2,1-2H3;5-7H,2-4H2,1H3;2H,1H3;4*1H4. The summed E-state index contributed by atoms with van der Waals surface area (Å²) in [6.07, 6.45) is 6.13. The Labute approximate surface area is 230 Å². The number of hydrogen-bond acceptors (Lipinski definition) is 4. The first kappa shape index (κ1) is 41.9. The van der Waals surface area contributed by atoms with E-state index >= 15 is 0 Å². The lowest BCUT2D eigenvalue weighted by atomic mass is 9.89. The van der Waals surface area contributed by atoms with Crippen LogP contribution in [0, 0.1) is 5.92 Å². The lowest BCUT2D eigenvalue weighted by molar-refractivity contribution is -0.146. The molecule has 0 spiro atoms. The highest BCUT2D eigenvalue weighted by Crippen LogP contribution is 2.39. The third-order valence-electron chi connectivity index (χ3n) is 6.50. The number of hydrogen-bond donors (Lipinski definition) is 1. The molecule has 1 saturated heterocycles. The minimum Gasteiger partial charge on any atom is -0.469 e. The summed E-state index contributed by atoms with van der Waals surface area (Å²) in [5.41, 5.74) is 2.90. The summed E-state index contributed by atoms with van der Waals surface area (Å²) in [5, 5.41) is 7.00. The summed E-state index contributed by atoms with van der Waals surface area (Å²) in [7, 11) is 2.45. The number of aliphatic hydroxyl groups is 1. The second kappa shape index (κ2) is 24.2. The predicted molar refractivity (Wildman–Crippen MR) is 163 cm³/mol. The third-order valence-corrected chi connectivity index (χ3v) is 6.50. The van der Waals surface area contributed by atoms with Crippen LogP contribution in [0.25, 0.3) is 0 Å². The Morgan fingerprint density at radius 3 is 1.54 bits per heavy atom. The summed E-state index contributed by atoms with van der Waals surface area (Å²) >= 11 is 0. The zero-order valence-corrected chi connectivity index (χ0v) is 21.4. The maximum atomic E-state index is 11.1. The number of esters is 1. The molecule has 216 valence electrons. The summed E-state index contributed by atoms with van der Waals surface area (Å²) in [6.45, 7) is 8.96. The van der Waals surface area contributed by atoms with Gasteiger partial charge in [-0.05, 0) is 55.1 Å². The molecule has 0 amide bonds. The third kappa shape index (κ3) is 15.6. The number of rotatable bonds is 5. The van der Waals surface area contributed by atoms with Crippen molar-refractivity contribution in [1.29, 1.82) is 0 Å². The molecule has 5 unspecified atom stereocenters. The number of benzene rings is 2. The molecule has 4 rings (SSSR count). The van der Waals surface area contributed by atoms with Crippen LogP contribution in [0.2, 0.25) is 0 Å². The molecule has 0 radical (unpaired) electrons. The first-order valence-corrected chi connectivity index (χ1v) is 12.3. The average Bonchev–Trinajstić information content (AvgIpc) is 3.69. The van der Waals surface area contributed by atoms with E-state index in [1.165, 1.54) is 31.1 Å². The SMILES string of the molecule is C.C.C.C.CCC(C)c1ccccc1.CCC(C)c1ccccc1.CO.COC(=O)C1CCC2OC2C1. The normalized spacial score (nSPS) is 19.4. The molecular formula is C33H60O4. The molecule has 2 fully saturated rings. The number of aliphatic hydroxyl groups excluding tert-OH is 1. The van der Waals surface area contributed by atoms with Crippen LogP contribution in [0.15, 0.2) is 60.7 Å². The summed E-state index contributed by atoms with van der Waals surface area (Å²) in [6, 6.07) is 21.3. The van der Waals surface area contributed by atoms with Gasteiger partial charge in [-0.25, -0.2) is 0 Å². The van der Waals surface area contributed by atoms with Gasteiger partial charge in [0.15, 0.2) is 0 Å². The number of epoxide rings is 1. The maximum absolute atomic E-state index is 11.1. The van der Waals surface area contributed by atoms with Crippen molar-refractivity contribution in [3.8, 4) is 0 Å². The monoisotopic (exact) mass is 520 g/mol. The van der Waals surface area contributed by atoms with Crippen LogP contribution in [0.3, 0.4) is 0 Å². The highest BCUT2D eigenvalue weighted by molar-refractivity contribution is 5.72. The molecule has 1 saturated carbocycles. The van der Waals surface area contributed by atoms with Crippen LogP contribution in [0.5, 0.6) is 0 Å². The van der Waals surface area contributed by atoms with E-state index in [1.807, 2.05) is 0 Å². The quantitative estimate of drug-likeness (QED) is 0.315. The lowest BCUT2D eigenvalue weighted by Crippen LogP contribution is -2.22. The van der Waals surface area contributed by atoms with Gasteiger partial charge in [0.2, 0.25) is 0 Å². The minimum atomic E-state index is -0.0704. The maximum Gasteiger partial charge on any atom is 0.308 e. The molecular weight excluding hydrogens is 460 g/mol. The Morgan fingerprint density at radius 2 is 1.22 bits per heavy atom. The molecule has 1 heterocycles. The Balaban J connectivity index is -0.000000203. The van der Waals surface area contributed by atoms with Crippen molar-refractivity contribution in [2.75, 3.05) is 14.2 Å². The fourth-order valence-electron chi connectivity index (χ4n) is 3.82. The van der Waals surface area contributed by atoms with Gasteiger partial charge in [0.25, 0.3) is 0 Å². The van der Waals surface area contributed by atoms with Gasteiger partial charge >= 0.3 is 5.97 Å². The van der Waals surface area contributed by atoms with Crippen LogP contribution in [-0.2, 0) is 14.3 Å². The van der Waals surface area contributed by atoms with Gasteiger partial charge in [0.05, 0.1) is 25.2 Å². The van der Waals surface area contributed by atoms with Crippen molar-refractivity contribution >= 4 is 5.97 Å². The molecule has 2 aromatic rings. The Hall–Kier alpha value is -2.17. The van der Waals surface area contributed by atoms with Crippen LogP contribution in [0.1, 0.15) is 112 Å². The van der Waals surface area contributed by atoms with E-state index in [0.717, 1.165) is 26.4 Å². The van der Waals surface area contributed by atoms with E-state index < -0.39 is 0 Å². The van der Waals surface area contributed by atoms with Crippen LogP contribution in [0.4, 0.5) is 0 Å². The van der Waals surface area contributed by atoms with Crippen molar-refractivity contribution in [1.82, 2.24) is 0 Å². The van der Waals surface area contributed by atoms with Crippen molar-refractivity contribution in [3.05, 3.63) is 71.8 Å². The number of carbonyl (C=O) groups is 1. The highest BCUT2D eigenvalue weighted by atomic mass is 16.6. The zero-order valence-electron chi connectivity index (χ0n) is 21.4. The zero-order chi connectivity index (χ0) is 24.6. The Morgan fingerprint density at radius 1 is 0.811 bits per heavy atom. The Kier molecular flexibility index (Phi) is 27.4. The van der Waals surface area contributed by atoms with Crippen molar-refractivity contribution in [2.45, 2.75) is 114 Å². The summed E-state index contributed by atoms with van der Waals surface area (Å²) < 4.78 is 9.96. The van der Waals surface area contributed by atoms with Gasteiger partial charge in [-0.3, -0.25) is 4.79 Å². The molecule has 37 heavy (non-hydrogen) atoms. The molecule has 4 heteroatoms. The van der Waals surface area contributed by atoms with E-state index in [9.17, 15) is 4.79 Å². The molecule has 2 aliphatic rings. The molecule has 1 aliphatic heterocycles. The lowest BCUT2D eigenvalue weighted by Gasteiger charge is -2.15. The first-order valence-electron chi connectivity index (χ1n) is 12.3. The highest BCUT2D eigenvalue weighted by Gasteiger charge is 2.45. The molecule has 1 N–H and O–H groups in total. The topological polar surface area (TPSA) is 59.1 Å². The predicted octanol–water partition coefficient (Wildman–Crippen LogP) is 9.28. The second-order valence-electron chi connectivity index (χ2n) is 8.69. The number of methoxy groups -OCH3 is 1. The smallest absolute Gasteiger partial charge is 0.308 e. The molecule has 5 atom stereocenters. The van der Waals surface area contributed by atoms with Crippen molar-refractivity contribution in [2.24, 2.45) is 5.92 Å². The van der Waals surface area contributed by atoms with Crippen LogP contribution in [-0.4, -0.2) is 37.5 Å². The van der Waals surface area contributed by atoms with Crippen LogP contribution >= 0.6 is 0 Å². The first-order chi connectivity index (χ1) is 16.0. The van der Waals surface area contributed by atoms with Crippen molar-refractivity contribution < 1.29 is 19.4 Å². The minimum absolute atomic E-state index is 0. The molecule has 1 aliphatic carbocycles. The van der Waals surface area contributed by atoms with Gasteiger partial charge < -0.3 is 14.6 Å². The van der Waals surface area contributed by atoms with Gasteiger partial charge in [0, 0.05) is 7.11 Å². The molecule has 0 bridgehead atoms. The van der Waals surface area contributed by atoms with Gasteiger partial charge in [-0.1, -0.05) is 118 Å². The van der Waals surface area contributed by atoms with E-state index in [2.05, 4.69) is 93.1 Å². The fourth-order valence-corrected chi connectivity index (χ4v) is 3.82. The van der Waals surface area contributed by atoms with Crippen LogP contribution < -0.4 is 0 Å². The second-order valence-corrected chi connectivity index (χ2v) is 8.69. The average molecular weight is 521 g/mol. The van der Waals surface area contributed by atoms with Gasteiger partial charge in [-0.2, -0.15) is 0 Å². The van der Waals surface area contributed by atoms with E-state index in [4.69, 9.17) is 9.84 Å². The van der Waals surface area contributed by atoms with E-state index in [1.54, 1.807) is 0 Å². The summed E-state index contributed by atoms with van der Waals surface area (Å²) in [5.74, 6) is 1.45. The number of ether oxygens (including phenoxy) is 2.